The number of rotatable bonds is 4. The van der Waals surface area contributed by atoms with Gasteiger partial charge >= 0.3 is 0 Å². The topological polar surface area (TPSA) is 15.8 Å². The molecule has 0 spiro atoms. The lowest BCUT2D eigenvalue weighted by atomic mass is 9.97. The van der Waals surface area contributed by atoms with Crippen LogP contribution >= 0.6 is 0 Å². The first-order valence-corrected chi connectivity index (χ1v) is 6.37. The molecule has 0 radical (unpaired) electrons. The molecular weight excluding hydrogens is 230 g/mol. The van der Waals surface area contributed by atoms with Crippen molar-refractivity contribution < 1.29 is 0 Å². The van der Waals surface area contributed by atoms with Crippen LogP contribution in [0.2, 0.25) is 0 Å². The van der Waals surface area contributed by atoms with Gasteiger partial charge in [-0.1, -0.05) is 43.5 Å². The largest absolute Gasteiger partial charge is 0.361 e. The third-order valence-corrected chi connectivity index (χ3v) is 3.21. The minimum Gasteiger partial charge on any atom is -0.361 e. The SMILES string of the molecule is C=C/C=C(\C=C)c1ccc(C)c(-c2cc(C)c[nH]2)c1. The van der Waals surface area contributed by atoms with E-state index in [1.165, 1.54) is 16.7 Å². The molecule has 0 saturated heterocycles. The minimum absolute atomic E-state index is 1.08. The first-order chi connectivity index (χ1) is 9.15. The second-order valence-corrected chi connectivity index (χ2v) is 4.68. The third-order valence-electron chi connectivity index (χ3n) is 3.21. The molecule has 0 amide bonds. The van der Waals surface area contributed by atoms with E-state index in [1.54, 1.807) is 6.08 Å². The molecule has 0 saturated carbocycles. The quantitative estimate of drug-likeness (QED) is 0.729. The van der Waals surface area contributed by atoms with E-state index >= 15 is 0 Å². The van der Waals surface area contributed by atoms with Gasteiger partial charge in [0.2, 0.25) is 0 Å². The molecule has 0 fully saturated rings. The van der Waals surface area contributed by atoms with Gasteiger partial charge in [-0.05, 0) is 48.2 Å². The van der Waals surface area contributed by atoms with E-state index < -0.39 is 0 Å². The Morgan fingerprint density at radius 1 is 1.16 bits per heavy atom. The van der Waals surface area contributed by atoms with Gasteiger partial charge in [-0.2, -0.15) is 0 Å². The van der Waals surface area contributed by atoms with Gasteiger partial charge in [0.25, 0.3) is 0 Å². The Hall–Kier alpha value is -2.28. The van der Waals surface area contributed by atoms with Crippen molar-refractivity contribution in [2.45, 2.75) is 13.8 Å². The molecule has 96 valence electrons. The highest BCUT2D eigenvalue weighted by Gasteiger charge is 2.06. The Morgan fingerprint density at radius 2 is 1.95 bits per heavy atom. The predicted octanol–water partition coefficient (Wildman–Crippen LogP) is 5.05. The van der Waals surface area contributed by atoms with Crippen LogP contribution < -0.4 is 0 Å². The van der Waals surface area contributed by atoms with Gasteiger partial charge < -0.3 is 4.98 Å². The lowest BCUT2D eigenvalue weighted by Gasteiger charge is -2.08. The second kappa shape index (κ2) is 5.57. The Morgan fingerprint density at radius 3 is 2.53 bits per heavy atom. The van der Waals surface area contributed by atoms with E-state index in [4.69, 9.17) is 0 Å². The number of nitrogens with one attached hydrogen (secondary N) is 1. The maximum atomic E-state index is 3.86. The van der Waals surface area contributed by atoms with Crippen molar-refractivity contribution in [1.82, 2.24) is 4.98 Å². The van der Waals surface area contributed by atoms with Crippen LogP contribution in [0.3, 0.4) is 0 Å². The van der Waals surface area contributed by atoms with Crippen LogP contribution in [0.25, 0.3) is 16.8 Å². The highest BCUT2D eigenvalue weighted by molar-refractivity contribution is 5.78. The van der Waals surface area contributed by atoms with E-state index in [9.17, 15) is 0 Å². The highest BCUT2D eigenvalue weighted by atomic mass is 14.7. The summed E-state index contributed by atoms with van der Waals surface area (Å²) in [4.78, 5) is 3.31. The molecule has 1 N–H and O–H groups in total. The Labute approximate surface area is 115 Å². The summed E-state index contributed by atoms with van der Waals surface area (Å²) in [7, 11) is 0. The number of benzene rings is 1. The number of aromatic amines is 1. The van der Waals surface area contributed by atoms with E-state index in [-0.39, 0.29) is 0 Å². The number of aromatic nitrogens is 1. The fourth-order valence-corrected chi connectivity index (χ4v) is 2.16. The number of aryl methyl sites for hydroxylation is 2. The summed E-state index contributed by atoms with van der Waals surface area (Å²) in [6.07, 6.45) is 7.64. The van der Waals surface area contributed by atoms with E-state index in [0.717, 1.165) is 16.8 Å². The molecule has 0 atom stereocenters. The molecule has 2 aromatic rings. The van der Waals surface area contributed by atoms with E-state index in [2.05, 4.69) is 56.3 Å². The first kappa shape index (κ1) is 13.2. The second-order valence-electron chi connectivity index (χ2n) is 4.68. The standard InChI is InChI=1S/C18H19N/c1-5-7-15(6-2)16-9-8-14(4)17(11-16)18-10-13(3)12-19-18/h5-12,19H,1-2H2,3-4H3/b15-7+. The van der Waals surface area contributed by atoms with E-state index in [0.29, 0.717) is 0 Å². The normalized spacial score (nSPS) is 11.4. The van der Waals surface area contributed by atoms with Gasteiger partial charge in [0.05, 0.1) is 0 Å². The van der Waals surface area contributed by atoms with Gasteiger partial charge in [0.1, 0.15) is 0 Å². The molecule has 0 aliphatic heterocycles. The Kier molecular flexibility index (Phi) is 3.86. The van der Waals surface area contributed by atoms with Crippen LogP contribution in [0, 0.1) is 13.8 Å². The van der Waals surface area contributed by atoms with Gasteiger partial charge in [-0.15, -0.1) is 0 Å². The van der Waals surface area contributed by atoms with Crippen molar-refractivity contribution in [2.24, 2.45) is 0 Å². The van der Waals surface area contributed by atoms with Gasteiger partial charge in [-0.25, -0.2) is 0 Å². The third kappa shape index (κ3) is 2.76. The Bertz CT molecular complexity index is 641. The molecule has 0 aliphatic carbocycles. The van der Waals surface area contributed by atoms with Crippen molar-refractivity contribution >= 4 is 5.57 Å². The summed E-state index contributed by atoms with van der Waals surface area (Å²) >= 11 is 0. The smallest absolute Gasteiger partial charge is 0.0459 e. The molecule has 19 heavy (non-hydrogen) atoms. The fraction of sp³-hybridized carbons (Fsp3) is 0.111. The number of hydrogen-bond acceptors (Lipinski definition) is 0. The molecule has 0 unspecified atom stereocenters. The van der Waals surface area contributed by atoms with Crippen LogP contribution in [-0.4, -0.2) is 4.98 Å². The molecular formula is C18H19N. The maximum absolute atomic E-state index is 3.86. The molecule has 0 bridgehead atoms. The van der Waals surface area contributed by atoms with Crippen molar-refractivity contribution in [2.75, 3.05) is 0 Å². The first-order valence-electron chi connectivity index (χ1n) is 6.37. The zero-order valence-corrected chi connectivity index (χ0v) is 11.5. The molecule has 0 aliphatic rings. The fourth-order valence-electron chi connectivity index (χ4n) is 2.16. The molecule has 1 aromatic heterocycles. The summed E-state index contributed by atoms with van der Waals surface area (Å²) in [5.74, 6) is 0. The van der Waals surface area contributed by atoms with Crippen molar-refractivity contribution in [1.29, 1.82) is 0 Å². The predicted molar refractivity (Wildman–Crippen MR) is 84.1 cm³/mol. The van der Waals surface area contributed by atoms with Crippen LogP contribution in [0.15, 0.2) is 61.8 Å². The molecule has 1 heterocycles. The maximum Gasteiger partial charge on any atom is 0.0459 e. The number of allylic oxidation sites excluding steroid dienone is 4. The number of hydrogen-bond donors (Lipinski definition) is 1. The van der Waals surface area contributed by atoms with Gasteiger partial charge in [-0.3, -0.25) is 0 Å². The van der Waals surface area contributed by atoms with E-state index in [1.807, 2.05) is 18.3 Å². The van der Waals surface area contributed by atoms with Crippen LogP contribution in [-0.2, 0) is 0 Å². The lowest BCUT2D eigenvalue weighted by molar-refractivity contribution is 1.35. The van der Waals surface area contributed by atoms with Crippen molar-refractivity contribution in [3.63, 3.8) is 0 Å². The summed E-state index contributed by atoms with van der Waals surface area (Å²) in [6, 6.07) is 8.61. The molecule has 1 nitrogen and oxygen atoms in total. The van der Waals surface area contributed by atoms with Crippen molar-refractivity contribution in [3.8, 4) is 11.3 Å². The summed E-state index contributed by atoms with van der Waals surface area (Å²) in [6.45, 7) is 11.8. The average molecular weight is 249 g/mol. The summed E-state index contributed by atoms with van der Waals surface area (Å²) in [5.41, 5.74) is 7.11. The number of H-pyrrole nitrogens is 1. The van der Waals surface area contributed by atoms with Crippen LogP contribution in [0.1, 0.15) is 16.7 Å². The average Bonchev–Trinajstić information content (AvgIpc) is 2.83. The van der Waals surface area contributed by atoms with Crippen LogP contribution in [0.4, 0.5) is 0 Å². The molecule has 1 heteroatoms. The van der Waals surface area contributed by atoms with Crippen molar-refractivity contribution in [3.05, 3.63) is 78.5 Å². The molecule has 2 rings (SSSR count). The highest BCUT2D eigenvalue weighted by Crippen LogP contribution is 2.27. The molecule has 1 aromatic carbocycles. The summed E-state index contributed by atoms with van der Waals surface area (Å²) in [5, 5.41) is 0. The van der Waals surface area contributed by atoms with Gasteiger partial charge in [0.15, 0.2) is 0 Å². The summed E-state index contributed by atoms with van der Waals surface area (Å²) < 4.78 is 0. The Balaban J connectivity index is 2.54. The van der Waals surface area contributed by atoms with Gasteiger partial charge in [0, 0.05) is 17.5 Å². The monoisotopic (exact) mass is 249 g/mol. The zero-order valence-electron chi connectivity index (χ0n) is 11.5. The lowest BCUT2D eigenvalue weighted by Crippen LogP contribution is -1.87. The minimum atomic E-state index is 1.08. The zero-order chi connectivity index (χ0) is 13.8. The van der Waals surface area contributed by atoms with Crippen LogP contribution in [0.5, 0.6) is 0 Å².